The average Bonchev–Trinajstić information content (AvgIpc) is 3.01. The van der Waals surface area contributed by atoms with E-state index in [9.17, 15) is 0 Å². The minimum absolute atomic E-state index is 0.878. The zero-order chi connectivity index (χ0) is 25.3. The van der Waals surface area contributed by atoms with Crippen molar-refractivity contribution in [2.75, 3.05) is 0 Å². The number of nitrogens with zero attached hydrogens (tertiary/aromatic N) is 4. The summed E-state index contributed by atoms with van der Waals surface area (Å²) in [6.07, 6.45) is 3.78. The molecule has 0 N–H and O–H groups in total. The average molecular weight is 487 g/mol. The second-order valence-electron chi connectivity index (χ2n) is 9.21. The van der Waals surface area contributed by atoms with Crippen LogP contribution in [0.15, 0.2) is 134 Å². The molecule has 0 saturated carbocycles. The van der Waals surface area contributed by atoms with E-state index in [2.05, 4.69) is 48.5 Å². The molecule has 0 atom stereocenters. The minimum atomic E-state index is 0.878. The van der Waals surface area contributed by atoms with Crippen LogP contribution in [0.2, 0.25) is 0 Å². The summed E-state index contributed by atoms with van der Waals surface area (Å²) in [5.41, 5.74) is 9.59. The molecule has 3 aromatic carbocycles. The van der Waals surface area contributed by atoms with Crippen LogP contribution in [0, 0.1) is 0 Å². The van der Waals surface area contributed by atoms with Crippen LogP contribution in [0.25, 0.3) is 66.8 Å². The van der Waals surface area contributed by atoms with E-state index < -0.39 is 0 Å². The highest BCUT2D eigenvalue weighted by Gasteiger charge is 2.10. The lowest BCUT2D eigenvalue weighted by atomic mass is 10.0. The van der Waals surface area contributed by atoms with Crippen molar-refractivity contribution in [2.45, 2.75) is 0 Å². The zero-order valence-electron chi connectivity index (χ0n) is 20.5. The van der Waals surface area contributed by atoms with Crippen LogP contribution in [-0.2, 0) is 0 Å². The van der Waals surface area contributed by atoms with Crippen molar-refractivity contribution < 1.29 is 0 Å². The Morgan fingerprint density at radius 1 is 0.342 bits per heavy atom. The molecule has 4 heterocycles. The third kappa shape index (κ3) is 4.08. The van der Waals surface area contributed by atoms with E-state index in [0.29, 0.717) is 0 Å². The molecule has 4 heteroatoms. The van der Waals surface area contributed by atoms with E-state index in [1.165, 1.54) is 0 Å². The summed E-state index contributed by atoms with van der Waals surface area (Å²) < 4.78 is 0. The molecular weight excluding hydrogens is 464 g/mol. The fraction of sp³-hybridized carbons (Fsp3) is 0. The smallest absolute Gasteiger partial charge is 0.0965 e. The quantitative estimate of drug-likeness (QED) is 0.235. The van der Waals surface area contributed by atoms with Crippen LogP contribution < -0.4 is 0 Å². The van der Waals surface area contributed by atoms with Gasteiger partial charge < -0.3 is 0 Å². The van der Waals surface area contributed by atoms with Crippen molar-refractivity contribution >= 4 is 21.8 Å². The molecule has 7 aromatic rings. The fourth-order valence-electron chi connectivity index (χ4n) is 4.80. The minimum Gasteiger partial charge on any atom is -0.253 e. The number of hydrogen-bond acceptors (Lipinski definition) is 4. The molecule has 0 fully saturated rings. The van der Waals surface area contributed by atoms with Crippen molar-refractivity contribution in [3.8, 4) is 45.0 Å². The number of hydrogen-bond donors (Lipinski definition) is 0. The van der Waals surface area contributed by atoms with Gasteiger partial charge in [-0.15, -0.1) is 0 Å². The van der Waals surface area contributed by atoms with Gasteiger partial charge in [0.2, 0.25) is 0 Å². The summed E-state index contributed by atoms with van der Waals surface area (Å²) in [6, 6.07) is 41.1. The standard InChI is InChI=1S/C34H22N4/c1-3-9-23(10-4-1)29-13-7-15-31(37-29)27-19-25-17-18-26-20-28(22-36-34(26)33(25)35-21-27)32-16-8-14-30(38-32)24-11-5-2-6-12-24/h1-22H. The highest BCUT2D eigenvalue weighted by molar-refractivity contribution is 6.04. The molecule has 4 aromatic heterocycles. The third-order valence-electron chi connectivity index (χ3n) is 6.73. The van der Waals surface area contributed by atoms with Gasteiger partial charge in [0.05, 0.1) is 33.8 Å². The Bertz CT molecular complexity index is 1770. The molecule has 0 aliphatic heterocycles. The van der Waals surface area contributed by atoms with Gasteiger partial charge in [-0.05, 0) is 36.4 Å². The van der Waals surface area contributed by atoms with Crippen LogP contribution in [0.4, 0.5) is 0 Å². The van der Waals surface area contributed by atoms with E-state index in [4.69, 9.17) is 19.9 Å². The van der Waals surface area contributed by atoms with Gasteiger partial charge in [0.15, 0.2) is 0 Å². The first-order valence-corrected chi connectivity index (χ1v) is 12.6. The number of aromatic nitrogens is 4. The molecule has 0 saturated heterocycles. The van der Waals surface area contributed by atoms with Gasteiger partial charge in [-0.2, -0.15) is 0 Å². The maximum absolute atomic E-state index is 4.89. The molecule has 0 radical (unpaired) electrons. The molecule has 0 aliphatic carbocycles. The predicted octanol–water partition coefficient (Wildman–Crippen LogP) is 8.24. The normalized spacial score (nSPS) is 11.2. The third-order valence-corrected chi connectivity index (χ3v) is 6.73. The highest BCUT2D eigenvalue weighted by atomic mass is 14.8. The SMILES string of the molecule is c1ccc(-c2cccc(-c3cnc4c(ccc5cc(-c6cccc(-c7ccccc7)n6)cnc54)c3)n2)cc1. The fourth-order valence-corrected chi connectivity index (χ4v) is 4.80. The maximum Gasteiger partial charge on any atom is 0.0965 e. The predicted molar refractivity (Wildman–Crippen MR) is 154 cm³/mol. The topological polar surface area (TPSA) is 51.6 Å². The number of pyridine rings is 4. The van der Waals surface area contributed by atoms with Crippen molar-refractivity contribution in [1.29, 1.82) is 0 Å². The van der Waals surface area contributed by atoms with E-state index >= 15 is 0 Å². The second kappa shape index (κ2) is 9.34. The molecule has 0 spiro atoms. The van der Waals surface area contributed by atoms with Gasteiger partial charge in [0.25, 0.3) is 0 Å². The molecule has 4 nitrogen and oxygen atoms in total. The van der Waals surface area contributed by atoms with Crippen LogP contribution in [-0.4, -0.2) is 19.9 Å². The summed E-state index contributed by atoms with van der Waals surface area (Å²) >= 11 is 0. The molecule has 0 amide bonds. The lowest BCUT2D eigenvalue weighted by molar-refractivity contribution is 1.29. The van der Waals surface area contributed by atoms with Crippen LogP contribution >= 0.6 is 0 Å². The van der Waals surface area contributed by atoms with E-state index in [-0.39, 0.29) is 0 Å². The molecule has 38 heavy (non-hydrogen) atoms. The summed E-state index contributed by atoms with van der Waals surface area (Å²) in [5, 5.41) is 2.07. The molecule has 0 bridgehead atoms. The first-order valence-electron chi connectivity index (χ1n) is 12.6. The Labute approximate surface area is 220 Å². The van der Waals surface area contributed by atoms with Gasteiger partial charge in [0.1, 0.15) is 0 Å². The zero-order valence-corrected chi connectivity index (χ0v) is 20.5. The maximum atomic E-state index is 4.89. The van der Waals surface area contributed by atoms with Gasteiger partial charge in [-0.1, -0.05) is 84.9 Å². The second-order valence-corrected chi connectivity index (χ2v) is 9.21. The molecule has 0 unspecified atom stereocenters. The monoisotopic (exact) mass is 486 g/mol. The lowest BCUT2D eigenvalue weighted by Crippen LogP contribution is -1.92. The molecule has 7 rings (SSSR count). The van der Waals surface area contributed by atoms with Crippen LogP contribution in [0.1, 0.15) is 0 Å². The van der Waals surface area contributed by atoms with Gasteiger partial charge >= 0.3 is 0 Å². The van der Waals surface area contributed by atoms with Crippen molar-refractivity contribution in [2.24, 2.45) is 0 Å². The van der Waals surface area contributed by atoms with E-state index in [1.54, 1.807) is 0 Å². The summed E-state index contributed by atoms with van der Waals surface area (Å²) in [5.74, 6) is 0. The van der Waals surface area contributed by atoms with Crippen molar-refractivity contribution in [1.82, 2.24) is 19.9 Å². The summed E-state index contributed by atoms with van der Waals surface area (Å²) in [6.45, 7) is 0. The van der Waals surface area contributed by atoms with Crippen LogP contribution in [0.5, 0.6) is 0 Å². The van der Waals surface area contributed by atoms with Gasteiger partial charge in [0, 0.05) is 45.4 Å². The largest absolute Gasteiger partial charge is 0.253 e. The Balaban J connectivity index is 1.25. The van der Waals surface area contributed by atoms with Crippen molar-refractivity contribution in [3.63, 3.8) is 0 Å². The summed E-state index contributed by atoms with van der Waals surface area (Å²) in [4.78, 5) is 19.4. The first-order chi connectivity index (χ1) is 18.8. The Kier molecular flexibility index (Phi) is 5.41. The first kappa shape index (κ1) is 22.0. The molecular formula is C34H22N4. The number of fused-ring (bicyclic) bond motifs is 3. The Hall–Kier alpha value is -5.22. The molecule has 178 valence electrons. The lowest BCUT2D eigenvalue weighted by Gasteiger charge is -2.09. The van der Waals surface area contributed by atoms with Crippen LogP contribution in [0.3, 0.4) is 0 Å². The van der Waals surface area contributed by atoms with Gasteiger partial charge in [-0.3, -0.25) is 9.97 Å². The van der Waals surface area contributed by atoms with Crippen molar-refractivity contribution in [3.05, 3.63) is 134 Å². The summed E-state index contributed by atoms with van der Waals surface area (Å²) in [7, 11) is 0. The highest BCUT2D eigenvalue weighted by Crippen LogP contribution is 2.30. The number of benzene rings is 3. The van der Waals surface area contributed by atoms with E-state index in [0.717, 1.165) is 66.8 Å². The van der Waals surface area contributed by atoms with Gasteiger partial charge in [-0.25, -0.2) is 9.97 Å². The Morgan fingerprint density at radius 2 is 0.737 bits per heavy atom. The van der Waals surface area contributed by atoms with E-state index in [1.807, 2.05) is 85.2 Å². The molecule has 0 aliphatic rings. The number of rotatable bonds is 4. The Morgan fingerprint density at radius 3 is 1.16 bits per heavy atom.